The molecule has 0 spiro atoms. The second-order valence-corrected chi connectivity index (χ2v) is 7.84. The number of nitrogens with one attached hydrogen (secondary N) is 2. The second-order valence-electron chi connectivity index (χ2n) is 7.84. The summed E-state index contributed by atoms with van der Waals surface area (Å²) in [7, 11) is 0. The van der Waals surface area contributed by atoms with Gasteiger partial charge in [0, 0.05) is 24.8 Å². The van der Waals surface area contributed by atoms with Crippen LogP contribution in [0.2, 0.25) is 0 Å². The highest BCUT2D eigenvalue weighted by atomic mass is 15.2. The molecule has 2 fully saturated rings. The third-order valence-corrected chi connectivity index (χ3v) is 5.42. The molecule has 0 bridgehead atoms. The summed E-state index contributed by atoms with van der Waals surface area (Å²) in [5.41, 5.74) is 8.86. The molecule has 28 heavy (non-hydrogen) atoms. The van der Waals surface area contributed by atoms with Crippen molar-refractivity contribution in [1.82, 2.24) is 19.9 Å². The summed E-state index contributed by atoms with van der Waals surface area (Å²) in [6.07, 6.45) is 11.2. The molecule has 0 unspecified atom stereocenters. The molecule has 0 amide bonds. The van der Waals surface area contributed by atoms with Crippen molar-refractivity contribution in [3.8, 4) is 0 Å². The highest BCUT2D eigenvalue weighted by molar-refractivity contribution is 5.56. The van der Waals surface area contributed by atoms with E-state index < -0.39 is 0 Å². The van der Waals surface area contributed by atoms with Crippen molar-refractivity contribution in [2.75, 3.05) is 36.8 Å². The van der Waals surface area contributed by atoms with E-state index in [4.69, 9.17) is 10.7 Å². The van der Waals surface area contributed by atoms with E-state index in [0.29, 0.717) is 18.4 Å². The molecule has 0 aromatic carbocycles. The van der Waals surface area contributed by atoms with Crippen molar-refractivity contribution in [2.24, 2.45) is 5.73 Å². The Morgan fingerprint density at radius 3 is 2.64 bits per heavy atom. The summed E-state index contributed by atoms with van der Waals surface area (Å²) >= 11 is 0. The number of nitrogens with zero attached hydrogens (tertiary/aromatic N) is 4. The number of hydrogen-bond acceptors (Lipinski definition) is 7. The first-order valence-corrected chi connectivity index (χ1v) is 10.6. The minimum Gasteiger partial charge on any atom is -0.370 e. The Morgan fingerprint density at radius 2 is 1.93 bits per heavy atom. The van der Waals surface area contributed by atoms with Crippen LogP contribution in [-0.4, -0.2) is 46.0 Å². The van der Waals surface area contributed by atoms with Gasteiger partial charge in [-0.25, -0.2) is 4.98 Å². The quantitative estimate of drug-likeness (QED) is 0.574. The third-order valence-electron chi connectivity index (χ3n) is 5.42. The van der Waals surface area contributed by atoms with E-state index in [2.05, 4.69) is 37.6 Å². The SMILES string of the molecule is NCCCNc1nc(Nc2ccc(CN3CCCCC3)nc2)ncc1C1CC1. The van der Waals surface area contributed by atoms with Crippen molar-refractivity contribution < 1.29 is 0 Å². The van der Waals surface area contributed by atoms with Crippen LogP contribution in [0.5, 0.6) is 0 Å². The van der Waals surface area contributed by atoms with Crippen molar-refractivity contribution in [1.29, 1.82) is 0 Å². The predicted octanol–water partition coefficient (Wildman–Crippen LogP) is 3.24. The fourth-order valence-corrected chi connectivity index (χ4v) is 3.66. The monoisotopic (exact) mass is 381 g/mol. The zero-order valence-corrected chi connectivity index (χ0v) is 16.5. The van der Waals surface area contributed by atoms with E-state index in [1.807, 2.05) is 12.4 Å². The van der Waals surface area contributed by atoms with E-state index in [1.54, 1.807) is 0 Å². The van der Waals surface area contributed by atoms with Gasteiger partial charge in [-0.2, -0.15) is 4.98 Å². The lowest BCUT2D eigenvalue weighted by Crippen LogP contribution is -2.29. The molecule has 7 heteroatoms. The van der Waals surface area contributed by atoms with Crippen LogP contribution in [0.4, 0.5) is 17.5 Å². The van der Waals surface area contributed by atoms with E-state index >= 15 is 0 Å². The summed E-state index contributed by atoms with van der Waals surface area (Å²) < 4.78 is 0. The summed E-state index contributed by atoms with van der Waals surface area (Å²) in [5.74, 6) is 2.14. The van der Waals surface area contributed by atoms with Crippen molar-refractivity contribution >= 4 is 17.5 Å². The van der Waals surface area contributed by atoms with Crippen molar-refractivity contribution in [3.05, 3.63) is 35.8 Å². The summed E-state index contributed by atoms with van der Waals surface area (Å²) in [5, 5.41) is 6.71. The molecule has 1 saturated carbocycles. The van der Waals surface area contributed by atoms with Crippen LogP contribution < -0.4 is 16.4 Å². The summed E-state index contributed by atoms with van der Waals surface area (Å²) in [6, 6.07) is 4.15. The van der Waals surface area contributed by atoms with Gasteiger partial charge in [0.2, 0.25) is 5.95 Å². The first-order chi connectivity index (χ1) is 13.8. The van der Waals surface area contributed by atoms with Crippen LogP contribution in [0.1, 0.15) is 55.7 Å². The normalized spacial score (nSPS) is 17.5. The minimum absolute atomic E-state index is 0.602. The van der Waals surface area contributed by atoms with E-state index in [0.717, 1.165) is 36.7 Å². The van der Waals surface area contributed by atoms with Crippen molar-refractivity contribution in [3.63, 3.8) is 0 Å². The van der Waals surface area contributed by atoms with Crippen LogP contribution in [-0.2, 0) is 6.54 Å². The second kappa shape index (κ2) is 9.30. The smallest absolute Gasteiger partial charge is 0.229 e. The van der Waals surface area contributed by atoms with Crippen LogP contribution in [0.3, 0.4) is 0 Å². The number of anilines is 3. The molecule has 2 aliphatic rings. The van der Waals surface area contributed by atoms with Crippen LogP contribution in [0.25, 0.3) is 0 Å². The number of pyridine rings is 1. The molecular weight excluding hydrogens is 350 g/mol. The Labute approximate surface area is 167 Å². The molecule has 1 aliphatic heterocycles. The molecule has 1 aliphatic carbocycles. The average Bonchev–Trinajstić information content (AvgIpc) is 3.56. The van der Waals surface area contributed by atoms with Gasteiger partial charge in [0.15, 0.2) is 0 Å². The van der Waals surface area contributed by atoms with Crippen molar-refractivity contribution in [2.45, 2.75) is 51.0 Å². The maximum absolute atomic E-state index is 5.61. The van der Waals surface area contributed by atoms with Gasteiger partial charge in [0.05, 0.1) is 17.6 Å². The largest absolute Gasteiger partial charge is 0.370 e. The molecule has 2 aromatic heterocycles. The first kappa shape index (κ1) is 19.1. The Balaban J connectivity index is 1.39. The topological polar surface area (TPSA) is 92.0 Å². The summed E-state index contributed by atoms with van der Waals surface area (Å²) in [6.45, 7) is 4.81. The van der Waals surface area contributed by atoms with Crippen LogP contribution in [0, 0.1) is 0 Å². The Bertz CT molecular complexity index is 752. The number of rotatable bonds is 9. The van der Waals surface area contributed by atoms with E-state index in [-0.39, 0.29) is 0 Å². The van der Waals surface area contributed by atoms with E-state index in [1.165, 1.54) is 50.8 Å². The summed E-state index contributed by atoms with van der Waals surface area (Å²) in [4.78, 5) is 16.3. The van der Waals surface area contributed by atoms with Gasteiger partial charge in [-0.3, -0.25) is 9.88 Å². The fraction of sp³-hybridized carbons (Fsp3) is 0.571. The van der Waals surface area contributed by atoms with Gasteiger partial charge < -0.3 is 16.4 Å². The van der Waals surface area contributed by atoms with Gasteiger partial charge in [0.1, 0.15) is 5.82 Å². The van der Waals surface area contributed by atoms with Gasteiger partial charge >= 0.3 is 0 Å². The molecular formula is C21H31N7. The van der Waals surface area contributed by atoms with Gasteiger partial charge in [0.25, 0.3) is 0 Å². The van der Waals surface area contributed by atoms with Crippen LogP contribution >= 0.6 is 0 Å². The molecule has 2 aromatic rings. The molecule has 7 nitrogen and oxygen atoms in total. The number of hydrogen-bond donors (Lipinski definition) is 3. The first-order valence-electron chi connectivity index (χ1n) is 10.6. The Kier molecular flexibility index (Phi) is 6.34. The molecule has 4 rings (SSSR count). The van der Waals surface area contributed by atoms with Crippen LogP contribution in [0.15, 0.2) is 24.5 Å². The maximum atomic E-state index is 5.61. The number of aromatic nitrogens is 3. The van der Waals surface area contributed by atoms with E-state index in [9.17, 15) is 0 Å². The molecule has 0 radical (unpaired) electrons. The predicted molar refractivity (Wildman–Crippen MR) is 113 cm³/mol. The zero-order valence-electron chi connectivity index (χ0n) is 16.5. The zero-order chi connectivity index (χ0) is 19.2. The lowest BCUT2D eigenvalue weighted by molar-refractivity contribution is 0.218. The average molecular weight is 382 g/mol. The fourth-order valence-electron chi connectivity index (χ4n) is 3.66. The van der Waals surface area contributed by atoms with Gasteiger partial charge in [-0.15, -0.1) is 0 Å². The molecule has 3 heterocycles. The molecule has 4 N–H and O–H groups in total. The standard InChI is InChI=1S/C21H31N7/c22-9-4-10-23-20-19(16-5-6-16)14-25-21(27-20)26-17-7-8-18(24-13-17)15-28-11-2-1-3-12-28/h7-8,13-14,16H,1-6,9-12,15,22H2,(H2,23,25,26,27). The maximum Gasteiger partial charge on any atom is 0.229 e. The lowest BCUT2D eigenvalue weighted by Gasteiger charge is -2.25. The molecule has 150 valence electrons. The number of likely N-dealkylation sites (tertiary alicyclic amines) is 1. The Hall–Kier alpha value is -2.25. The third kappa shape index (κ3) is 5.17. The highest BCUT2D eigenvalue weighted by Gasteiger charge is 2.27. The highest BCUT2D eigenvalue weighted by Crippen LogP contribution is 2.42. The lowest BCUT2D eigenvalue weighted by atomic mass is 10.1. The van der Waals surface area contributed by atoms with Gasteiger partial charge in [-0.05, 0) is 69.8 Å². The number of nitrogens with two attached hydrogens (primary N) is 1. The minimum atomic E-state index is 0.602. The van der Waals surface area contributed by atoms with Gasteiger partial charge in [-0.1, -0.05) is 6.42 Å². The Morgan fingerprint density at radius 1 is 1.07 bits per heavy atom. The molecule has 1 saturated heterocycles. The molecule has 0 atom stereocenters. The number of piperidine rings is 1.